The lowest BCUT2D eigenvalue weighted by Crippen LogP contribution is -2.14. The van der Waals surface area contributed by atoms with Crippen LogP contribution in [0.25, 0.3) is 11.0 Å². The Bertz CT molecular complexity index is 984. The van der Waals surface area contributed by atoms with E-state index in [1.807, 2.05) is 25.3 Å². The van der Waals surface area contributed by atoms with Gasteiger partial charge in [-0.05, 0) is 19.1 Å². The molecule has 25 heavy (non-hydrogen) atoms. The number of ether oxygens (including phenoxy) is 1. The molecule has 4 rings (SSSR count). The van der Waals surface area contributed by atoms with Gasteiger partial charge in [-0.3, -0.25) is 0 Å². The summed E-state index contributed by atoms with van der Waals surface area (Å²) < 4.78 is 7.99. The number of aromatic nitrogens is 3. The van der Waals surface area contributed by atoms with Gasteiger partial charge in [-0.1, -0.05) is 29.3 Å². The summed E-state index contributed by atoms with van der Waals surface area (Å²) in [6.07, 6.45) is 8.21. The lowest BCUT2D eigenvalue weighted by atomic mass is 10.2. The van der Waals surface area contributed by atoms with Gasteiger partial charge in [0, 0.05) is 30.1 Å². The first-order chi connectivity index (χ1) is 12.0. The Morgan fingerprint density at radius 1 is 1.20 bits per heavy atom. The number of fused-ring (bicyclic) bond motifs is 1. The molecule has 0 bridgehead atoms. The van der Waals surface area contributed by atoms with E-state index in [9.17, 15) is 5.11 Å². The molecule has 1 aromatic carbocycles. The summed E-state index contributed by atoms with van der Waals surface area (Å²) in [5, 5.41) is 11.7. The third-order valence-electron chi connectivity index (χ3n) is 4.37. The third kappa shape index (κ3) is 2.94. The Morgan fingerprint density at radius 3 is 2.84 bits per heavy atom. The molecule has 1 N–H and O–H groups in total. The van der Waals surface area contributed by atoms with E-state index in [0.717, 1.165) is 23.1 Å². The number of nitrogens with zero attached hydrogens (tertiary/aromatic N) is 3. The quantitative estimate of drug-likeness (QED) is 0.673. The molecule has 2 heterocycles. The number of allylic oxidation sites excluding steroid dienone is 1. The zero-order valence-corrected chi connectivity index (χ0v) is 14.9. The van der Waals surface area contributed by atoms with Crippen LogP contribution in [-0.4, -0.2) is 25.7 Å². The van der Waals surface area contributed by atoms with Crippen molar-refractivity contribution >= 4 is 34.2 Å². The predicted octanol–water partition coefficient (Wildman–Crippen LogP) is 4.70. The van der Waals surface area contributed by atoms with Crippen molar-refractivity contribution < 1.29 is 9.84 Å². The van der Waals surface area contributed by atoms with Crippen molar-refractivity contribution in [2.75, 3.05) is 0 Å². The molecule has 2 aromatic heterocycles. The van der Waals surface area contributed by atoms with E-state index in [1.165, 1.54) is 12.1 Å². The van der Waals surface area contributed by atoms with E-state index in [0.29, 0.717) is 15.8 Å². The van der Waals surface area contributed by atoms with E-state index < -0.39 is 0 Å². The minimum absolute atomic E-state index is 0.0268. The van der Waals surface area contributed by atoms with Crippen molar-refractivity contribution in [3.8, 4) is 11.5 Å². The Kier molecular flexibility index (Phi) is 4.06. The second kappa shape index (κ2) is 6.24. The molecule has 1 aliphatic rings. The molecule has 7 heteroatoms. The number of aryl methyl sites for hydroxylation is 1. The number of benzene rings is 1. The summed E-state index contributed by atoms with van der Waals surface area (Å²) in [6, 6.07) is 5.07. The van der Waals surface area contributed by atoms with Crippen LogP contribution in [0.15, 0.2) is 42.9 Å². The van der Waals surface area contributed by atoms with Gasteiger partial charge in [0.25, 0.3) is 0 Å². The van der Waals surface area contributed by atoms with E-state index in [4.69, 9.17) is 27.9 Å². The Hall–Kier alpha value is -2.24. The van der Waals surface area contributed by atoms with Gasteiger partial charge in [0.15, 0.2) is 11.5 Å². The fourth-order valence-electron chi connectivity index (χ4n) is 3.08. The number of aromatic hydroxyl groups is 1. The SMILES string of the molecule is Cc1ncnc2c1ccn2[C@H]1C=C[C@@H](Oc2cc(Cl)c(Cl)cc2O)C1. The molecule has 1 aliphatic carbocycles. The molecule has 0 saturated heterocycles. The first kappa shape index (κ1) is 16.2. The molecule has 3 aromatic rings. The van der Waals surface area contributed by atoms with E-state index in [2.05, 4.69) is 20.6 Å². The molecule has 0 spiro atoms. The summed E-state index contributed by atoms with van der Waals surface area (Å²) in [6.45, 7) is 1.97. The minimum Gasteiger partial charge on any atom is -0.504 e. The first-order valence-electron chi connectivity index (χ1n) is 7.84. The molecule has 0 radical (unpaired) electrons. The molecule has 2 atom stereocenters. The van der Waals surface area contributed by atoms with Crippen LogP contribution in [0.2, 0.25) is 10.0 Å². The fourth-order valence-corrected chi connectivity index (χ4v) is 3.39. The van der Waals surface area contributed by atoms with Crippen LogP contribution in [0.4, 0.5) is 0 Å². The molecule has 0 fully saturated rings. The number of phenols is 1. The van der Waals surface area contributed by atoms with Gasteiger partial charge in [-0.25, -0.2) is 9.97 Å². The van der Waals surface area contributed by atoms with Crippen LogP contribution in [0.3, 0.4) is 0 Å². The van der Waals surface area contributed by atoms with Crippen LogP contribution >= 0.6 is 23.2 Å². The van der Waals surface area contributed by atoms with Crippen LogP contribution < -0.4 is 4.74 Å². The largest absolute Gasteiger partial charge is 0.504 e. The molecule has 128 valence electrons. The molecular formula is C18H15Cl2N3O2. The van der Waals surface area contributed by atoms with E-state index in [1.54, 1.807) is 6.33 Å². The van der Waals surface area contributed by atoms with Crippen molar-refractivity contribution in [1.82, 2.24) is 14.5 Å². The maximum atomic E-state index is 9.98. The van der Waals surface area contributed by atoms with Crippen molar-refractivity contribution in [2.24, 2.45) is 0 Å². The second-order valence-corrected chi connectivity index (χ2v) is 6.81. The van der Waals surface area contributed by atoms with Crippen LogP contribution in [0, 0.1) is 6.92 Å². The minimum atomic E-state index is -0.173. The summed E-state index contributed by atoms with van der Waals surface area (Å²) in [5.74, 6) is 0.293. The van der Waals surface area contributed by atoms with Crippen LogP contribution in [-0.2, 0) is 0 Å². The highest BCUT2D eigenvalue weighted by atomic mass is 35.5. The average molecular weight is 376 g/mol. The number of halogens is 2. The van der Waals surface area contributed by atoms with Crippen molar-refractivity contribution in [1.29, 1.82) is 0 Å². The number of hydrogen-bond donors (Lipinski definition) is 1. The van der Waals surface area contributed by atoms with Crippen molar-refractivity contribution in [3.05, 3.63) is 58.6 Å². The van der Waals surface area contributed by atoms with Crippen molar-refractivity contribution in [3.63, 3.8) is 0 Å². The topological polar surface area (TPSA) is 60.2 Å². The standard InChI is InChI=1S/C18H15Cl2N3O2/c1-10-13-4-5-23(18(13)22-9-21-10)11-2-3-12(6-11)25-17-8-15(20)14(19)7-16(17)24/h2-5,7-9,11-12,24H,6H2,1H3/t11-,12+/m0/s1. The molecule has 0 aliphatic heterocycles. The van der Waals surface area contributed by atoms with Crippen LogP contribution in [0.5, 0.6) is 11.5 Å². The van der Waals surface area contributed by atoms with Gasteiger partial charge < -0.3 is 14.4 Å². The van der Waals surface area contributed by atoms with Gasteiger partial charge >= 0.3 is 0 Å². The number of phenolic OH excluding ortho intramolecular Hbond substituents is 1. The molecule has 0 amide bonds. The Morgan fingerprint density at radius 2 is 2.00 bits per heavy atom. The first-order valence-corrected chi connectivity index (χ1v) is 8.59. The Balaban J connectivity index is 1.55. The summed E-state index contributed by atoms with van der Waals surface area (Å²) in [7, 11) is 0. The van der Waals surface area contributed by atoms with Gasteiger partial charge in [0.05, 0.1) is 21.8 Å². The normalized spacial score (nSPS) is 19.6. The highest BCUT2D eigenvalue weighted by Crippen LogP contribution is 2.37. The van der Waals surface area contributed by atoms with E-state index in [-0.39, 0.29) is 17.9 Å². The van der Waals surface area contributed by atoms with Crippen LogP contribution in [0.1, 0.15) is 18.2 Å². The van der Waals surface area contributed by atoms with Gasteiger partial charge in [0.2, 0.25) is 0 Å². The lowest BCUT2D eigenvalue weighted by Gasteiger charge is -2.17. The molecular weight excluding hydrogens is 361 g/mol. The van der Waals surface area contributed by atoms with Crippen molar-refractivity contribution in [2.45, 2.75) is 25.5 Å². The fraction of sp³-hybridized carbons (Fsp3) is 0.222. The highest BCUT2D eigenvalue weighted by molar-refractivity contribution is 6.42. The summed E-state index contributed by atoms with van der Waals surface area (Å²) in [5.41, 5.74) is 1.86. The van der Waals surface area contributed by atoms with E-state index >= 15 is 0 Å². The number of rotatable bonds is 3. The lowest BCUT2D eigenvalue weighted by molar-refractivity contribution is 0.227. The zero-order valence-electron chi connectivity index (χ0n) is 13.4. The maximum absolute atomic E-state index is 9.98. The van der Waals surface area contributed by atoms with Gasteiger partial charge in [-0.15, -0.1) is 0 Å². The average Bonchev–Trinajstić information content (AvgIpc) is 3.20. The zero-order chi connectivity index (χ0) is 17.6. The summed E-state index contributed by atoms with van der Waals surface area (Å²) in [4.78, 5) is 8.62. The van der Waals surface area contributed by atoms with Gasteiger partial charge in [-0.2, -0.15) is 0 Å². The molecule has 0 saturated carbocycles. The predicted molar refractivity (Wildman–Crippen MR) is 97.6 cm³/mol. The third-order valence-corrected chi connectivity index (χ3v) is 5.09. The van der Waals surface area contributed by atoms with Gasteiger partial charge in [0.1, 0.15) is 18.1 Å². The molecule has 0 unspecified atom stereocenters. The molecule has 5 nitrogen and oxygen atoms in total. The Labute approximate surface area is 154 Å². The smallest absolute Gasteiger partial charge is 0.163 e. The maximum Gasteiger partial charge on any atom is 0.163 e. The number of hydrogen-bond acceptors (Lipinski definition) is 4. The monoisotopic (exact) mass is 375 g/mol. The summed E-state index contributed by atoms with van der Waals surface area (Å²) >= 11 is 11.9. The highest BCUT2D eigenvalue weighted by Gasteiger charge is 2.24. The second-order valence-electron chi connectivity index (χ2n) is 6.00.